The first-order valence-corrected chi connectivity index (χ1v) is 16.3. The predicted octanol–water partition coefficient (Wildman–Crippen LogP) is 6.57. The van der Waals surface area contributed by atoms with Crippen LogP contribution in [0.2, 0.25) is 0 Å². The third kappa shape index (κ3) is 8.27. The monoisotopic (exact) mass is 644 g/mol. The van der Waals surface area contributed by atoms with Gasteiger partial charge in [-0.05, 0) is 54.2 Å². The fourth-order valence-corrected chi connectivity index (χ4v) is 6.09. The maximum atomic E-state index is 13.1. The van der Waals surface area contributed by atoms with Crippen LogP contribution in [0, 0.1) is 29.6 Å². The molecule has 250 valence electrons. The molecule has 0 saturated carbocycles. The average Bonchev–Trinajstić information content (AvgIpc) is 3.10. The van der Waals surface area contributed by atoms with Crippen molar-refractivity contribution >= 4 is 17.9 Å². The molecule has 0 spiro atoms. The Bertz CT molecular complexity index is 1460. The molecule has 9 nitrogen and oxygen atoms in total. The van der Waals surface area contributed by atoms with Crippen LogP contribution in [0.3, 0.4) is 0 Å². The highest BCUT2D eigenvalue weighted by molar-refractivity contribution is 5.90. The quantitative estimate of drug-likeness (QED) is 0.179. The molecule has 0 N–H and O–H groups in total. The lowest BCUT2D eigenvalue weighted by Gasteiger charge is -2.45. The largest absolute Gasteiger partial charge is 0.459 e. The fourth-order valence-electron chi connectivity index (χ4n) is 6.09. The summed E-state index contributed by atoms with van der Waals surface area (Å²) in [5.74, 6) is -1.49. The van der Waals surface area contributed by atoms with Gasteiger partial charge in [-0.15, -0.1) is 0 Å². The van der Waals surface area contributed by atoms with Gasteiger partial charge in [0.05, 0.1) is 35.5 Å². The van der Waals surface area contributed by atoms with Crippen molar-refractivity contribution in [2.45, 2.75) is 65.5 Å². The van der Waals surface area contributed by atoms with E-state index < -0.39 is 42.7 Å². The average molecular weight is 645 g/mol. The highest BCUT2D eigenvalue weighted by atomic mass is 16.7. The molecule has 0 aromatic heterocycles. The Hall–Kier alpha value is -4.05. The van der Waals surface area contributed by atoms with Gasteiger partial charge in [-0.3, -0.25) is 0 Å². The number of carbonyl (C=O) groups is 3. The fraction of sp³-hybridized carbons (Fsp3) is 0.447. The van der Waals surface area contributed by atoms with Crippen LogP contribution in [-0.2, 0) is 28.4 Å². The van der Waals surface area contributed by atoms with Crippen molar-refractivity contribution in [3.8, 4) is 0 Å². The van der Waals surface area contributed by atoms with Gasteiger partial charge in [-0.1, -0.05) is 89.2 Å². The molecule has 2 aliphatic heterocycles. The third-order valence-corrected chi connectivity index (χ3v) is 9.79. The van der Waals surface area contributed by atoms with E-state index in [-0.39, 0.29) is 48.9 Å². The number of hydrogen-bond donors (Lipinski definition) is 0. The molecule has 3 aromatic carbocycles. The second kappa shape index (κ2) is 15.7. The maximum Gasteiger partial charge on any atom is 0.340 e. The molecule has 0 amide bonds. The van der Waals surface area contributed by atoms with Crippen molar-refractivity contribution in [1.82, 2.24) is 0 Å². The van der Waals surface area contributed by atoms with Gasteiger partial charge in [-0.25, -0.2) is 14.4 Å². The van der Waals surface area contributed by atoms with Crippen molar-refractivity contribution in [3.63, 3.8) is 0 Å². The molecule has 10 atom stereocenters. The van der Waals surface area contributed by atoms with E-state index in [9.17, 15) is 14.4 Å². The van der Waals surface area contributed by atoms with E-state index in [2.05, 4.69) is 20.8 Å². The molecule has 0 bridgehead atoms. The van der Waals surface area contributed by atoms with Crippen LogP contribution in [0.25, 0.3) is 0 Å². The molecule has 2 aliphatic rings. The second-order valence-corrected chi connectivity index (χ2v) is 12.7. The summed E-state index contributed by atoms with van der Waals surface area (Å²) in [5.41, 5.74) is 1.23. The summed E-state index contributed by atoms with van der Waals surface area (Å²) in [6.45, 7) is 10.5. The smallest absolute Gasteiger partial charge is 0.340 e. The molecule has 3 aromatic rings. The Balaban J connectivity index is 1.26. The molecule has 0 radical (unpaired) electrons. The minimum Gasteiger partial charge on any atom is -0.459 e. The zero-order chi connectivity index (χ0) is 33.5. The summed E-state index contributed by atoms with van der Waals surface area (Å²) in [6, 6.07) is 26.1. The number of hydrogen-bond acceptors (Lipinski definition) is 9. The van der Waals surface area contributed by atoms with Crippen LogP contribution in [-0.4, -0.2) is 62.0 Å². The Morgan fingerprint density at radius 2 is 0.957 bits per heavy atom. The standard InChI is InChI=1S/C38H44O9/c1-23-24(2)31(21-42-34(39)28-15-9-6-10-16-28)44-37(27(23)5)43-22-32-25(3)26(4)33(46-35(40)29-17-11-7-12-18-29)38(45-32)47-36(41)30-19-13-8-14-20-30/h6-20,23-27,31-33,37-38H,21-22H2,1-5H3/t23-,24-,25-,26-,27?,31?,32?,33?,37-,38-/m0/s1. The predicted molar refractivity (Wildman–Crippen MR) is 173 cm³/mol. The lowest BCUT2D eigenvalue weighted by molar-refractivity contribution is -0.291. The highest BCUT2D eigenvalue weighted by Gasteiger charge is 2.47. The van der Waals surface area contributed by atoms with Crippen LogP contribution in [0.4, 0.5) is 0 Å². The van der Waals surface area contributed by atoms with Crippen molar-refractivity contribution in [3.05, 3.63) is 108 Å². The summed E-state index contributed by atoms with van der Waals surface area (Å²) in [6.07, 6.45) is -3.44. The second-order valence-electron chi connectivity index (χ2n) is 12.7. The van der Waals surface area contributed by atoms with Gasteiger partial charge in [0.15, 0.2) is 12.4 Å². The Morgan fingerprint density at radius 1 is 0.511 bits per heavy atom. The van der Waals surface area contributed by atoms with E-state index in [0.29, 0.717) is 16.7 Å². The normalized spacial score (nSPS) is 30.6. The van der Waals surface area contributed by atoms with E-state index in [0.717, 1.165) is 0 Å². The van der Waals surface area contributed by atoms with Gasteiger partial charge in [0.1, 0.15) is 6.61 Å². The van der Waals surface area contributed by atoms with Gasteiger partial charge in [0.25, 0.3) is 0 Å². The van der Waals surface area contributed by atoms with E-state index in [1.54, 1.807) is 72.8 Å². The van der Waals surface area contributed by atoms with Crippen LogP contribution >= 0.6 is 0 Å². The van der Waals surface area contributed by atoms with Gasteiger partial charge in [0.2, 0.25) is 6.29 Å². The Kier molecular flexibility index (Phi) is 11.4. The zero-order valence-corrected chi connectivity index (χ0v) is 27.5. The summed E-state index contributed by atoms with van der Waals surface area (Å²) >= 11 is 0. The number of ether oxygens (including phenoxy) is 6. The molecule has 4 unspecified atom stereocenters. The molecule has 2 fully saturated rings. The van der Waals surface area contributed by atoms with E-state index >= 15 is 0 Å². The van der Waals surface area contributed by atoms with Gasteiger partial charge < -0.3 is 28.4 Å². The van der Waals surface area contributed by atoms with Gasteiger partial charge in [-0.2, -0.15) is 0 Å². The van der Waals surface area contributed by atoms with Crippen molar-refractivity contribution in [2.24, 2.45) is 29.6 Å². The lowest BCUT2D eigenvalue weighted by Crippen LogP contribution is -2.55. The molecule has 0 aliphatic carbocycles. The number of carbonyl (C=O) groups excluding carboxylic acids is 3. The minimum atomic E-state index is -1.16. The van der Waals surface area contributed by atoms with Crippen LogP contribution < -0.4 is 0 Å². The maximum absolute atomic E-state index is 13.1. The van der Waals surface area contributed by atoms with Gasteiger partial charge in [0, 0.05) is 11.8 Å². The Labute approximate surface area is 276 Å². The molecule has 5 rings (SSSR count). The number of benzene rings is 3. The van der Waals surface area contributed by atoms with Crippen LogP contribution in [0.15, 0.2) is 91.0 Å². The first kappa shape index (κ1) is 34.3. The zero-order valence-electron chi connectivity index (χ0n) is 27.5. The van der Waals surface area contributed by atoms with E-state index in [1.807, 2.05) is 32.0 Å². The Morgan fingerprint density at radius 3 is 1.51 bits per heavy atom. The van der Waals surface area contributed by atoms with Crippen molar-refractivity contribution in [1.29, 1.82) is 0 Å². The molecular weight excluding hydrogens is 600 g/mol. The topological polar surface area (TPSA) is 107 Å². The highest BCUT2D eigenvalue weighted by Crippen LogP contribution is 2.38. The lowest BCUT2D eigenvalue weighted by atomic mass is 9.79. The molecule has 9 heteroatoms. The third-order valence-electron chi connectivity index (χ3n) is 9.79. The molecule has 2 saturated heterocycles. The van der Waals surface area contributed by atoms with Crippen LogP contribution in [0.5, 0.6) is 0 Å². The van der Waals surface area contributed by atoms with Crippen molar-refractivity contribution < 1.29 is 42.8 Å². The summed E-state index contributed by atoms with van der Waals surface area (Å²) in [5, 5.41) is 0. The first-order valence-electron chi connectivity index (χ1n) is 16.3. The van der Waals surface area contributed by atoms with Gasteiger partial charge >= 0.3 is 17.9 Å². The van der Waals surface area contributed by atoms with E-state index in [4.69, 9.17) is 28.4 Å². The van der Waals surface area contributed by atoms with Crippen LogP contribution in [0.1, 0.15) is 65.7 Å². The summed E-state index contributed by atoms with van der Waals surface area (Å²) < 4.78 is 36.6. The number of rotatable bonds is 10. The summed E-state index contributed by atoms with van der Waals surface area (Å²) in [7, 11) is 0. The molecule has 2 heterocycles. The van der Waals surface area contributed by atoms with E-state index in [1.165, 1.54) is 0 Å². The molecule has 47 heavy (non-hydrogen) atoms. The number of esters is 3. The first-order chi connectivity index (χ1) is 22.6. The SMILES string of the molecule is CC1[C@@H](OCC2O[C@@H](OC(=O)c3ccccc3)C(OC(=O)c3ccccc3)[C@@H](C)[C@@H]2C)OC(COC(=O)c2ccccc2)[C@@H](C)[C@@H]1C. The minimum absolute atomic E-state index is 0.0497. The summed E-state index contributed by atoms with van der Waals surface area (Å²) in [4.78, 5) is 38.8. The van der Waals surface area contributed by atoms with Crippen molar-refractivity contribution in [2.75, 3.05) is 13.2 Å². The molecular formula is C38H44O9.